The van der Waals surface area contributed by atoms with Crippen molar-refractivity contribution in [1.82, 2.24) is 14.5 Å². The summed E-state index contributed by atoms with van der Waals surface area (Å²) in [6.45, 7) is 0. The minimum Gasteiger partial charge on any atom is -0.309 e. The van der Waals surface area contributed by atoms with Crippen LogP contribution in [0.4, 0.5) is 17.1 Å². The summed E-state index contributed by atoms with van der Waals surface area (Å²) in [4.78, 5) is 12.3. The topological polar surface area (TPSA) is 34.0 Å². The molecule has 0 spiro atoms. The van der Waals surface area contributed by atoms with Crippen molar-refractivity contribution in [2.45, 2.75) is 0 Å². The maximum absolute atomic E-state index is 5.08. The Morgan fingerprint density at radius 3 is 2.14 bits per heavy atom. The molecule has 0 aliphatic carbocycles. The van der Waals surface area contributed by atoms with Gasteiger partial charge in [0, 0.05) is 39.2 Å². The monoisotopic (exact) mass is 536 g/mol. The first-order chi connectivity index (χ1) is 20.9. The van der Waals surface area contributed by atoms with Crippen molar-refractivity contribution in [2.75, 3.05) is 4.90 Å². The second-order valence-corrected chi connectivity index (χ2v) is 10.7. The van der Waals surface area contributed by atoms with E-state index in [1.807, 2.05) is 30.5 Å². The van der Waals surface area contributed by atoms with Crippen LogP contribution in [-0.4, -0.2) is 14.5 Å². The molecule has 42 heavy (non-hydrogen) atoms. The molecule has 6 aromatic carbocycles. The van der Waals surface area contributed by atoms with Crippen LogP contribution in [0.15, 0.2) is 146 Å². The van der Waals surface area contributed by atoms with Gasteiger partial charge in [-0.05, 0) is 47.3 Å². The summed E-state index contributed by atoms with van der Waals surface area (Å²) in [6, 6.07) is 49.3. The van der Waals surface area contributed by atoms with E-state index in [1.54, 1.807) is 0 Å². The third kappa shape index (κ3) is 3.23. The Labute approximate surface area is 242 Å². The average Bonchev–Trinajstić information content (AvgIpc) is 3.41. The SMILES string of the molecule is c1ccc(-c2ccnc(-n3c4ccccc4c4c5c(ccc43)-c3cccc4cccc(c34)N5c3ccccc3)n2)cc1. The summed E-state index contributed by atoms with van der Waals surface area (Å²) in [6.07, 6.45) is 1.86. The van der Waals surface area contributed by atoms with Gasteiger partial charge in [-0.15, -0.1) is 0 Å². The van der Waals surface area contributed by atoms with E-state index in [1.165, 1.54) is 44.0 Å². The van der Waals surface area contributed by atoms with Crippen LogP contribution in [0.2, 0.25) is 0 Å². The molecular weight excluding hydrogens is 512 g/mol. The predicted octanol–water partition coefficient (Wildman–Crippen LogP) is 9.84. The molecule has 0 radical (unpaired) electrons. The zero-order valence-electron chi connectivity index (χ0n) is 22.6. The van der Waals surface area contributed by atoms with Gasteiger partial charge in [0.25, 0.3) is 0 Å². The Kier molecular flexibility index (Phi) is 4.87. The van der Waals surface area contributed by atoms with Crippen LogP contribution in [-0.2, 0) is 0 Å². The van der Waals surface area contributed by atoms with Crippen molar-refractivity contribution in [3.8, 4) is 28.3 Å². The van der Waals surface area contributed by atoms with Gasteiger partial charge in [0.15, 0.2) is 0 Å². The molecule has 1 aliphatic heterocycles. The zero-order valence-corrected chi connectivity index (χ0v) is 22.6. The Bertz CT molecular complexity index is 2300. The highest BCUT2D eigenvalue weighted by molar-refractivity contribution is 6.24. The van der Waals surface area contributed by atoms with Crippen LogP contribution >= 0.6 is 0 Å². The number of anilines is 3. The number of rotatable bonds is 3. The predicted molar refractivity (Wildman–Crippen MR) is 173 cm³/mol. The van der Waals surface area contributed by atoms with Crippen LogP contribution in [0.5, 0.6) is 0 Å². The molecule has 1 aliphatic rings. The molecule has 9 rings (SSSR count). The van der Waals surface area contributed by atoms with Gasteiger partial charge in [-0.2, -0.15) is 0 Å². The van der Waals surface area contributed by atoms with Crippen molar-refractivity contribution in [1.29, 1.82) is 0 Å². The van der Waals surface area contributed by atoms with Gasteiger partial charge in [-0.1, -0.05) is 103 Å². The first-order valence-electron chi connectivity index (χ1n) is 14.2. The summed E-state index contributed by atoms with van der Waals surface area (Å²) in [5.74, 6) is 0.659. The van der Waals surface area contributed by atoms with Gasteiger partial charge >= 0.3 is 0 Å². The molecule has 2 aromatic heterocycles. The summed E-state index contributed by atoms with van der Waals surface area (Å²) in [5, 5.41) is 4.88. The number of hydrogen-bond acceptors (Lipinski definition) is 3. The highest BCUT2D eigenvalue weighted by atomic mass is 15.2. The van der Waals surface area contributed by atoms with E-state index in [4.69, 9.17) is 9.97 Å². The second kappa shape index (κ2) is 8.88. The summed E-state index contributed by atoms with van der Waals surface area (Å²) in [7, 11) is 0. The van der Waals surface area contributed by atoms with Crippen LogP contribution < -0.4 is 4.90 Å². The van der Waals surface area contributed by atoms with E-state index >= 15 is 0 Å². The lowest BCUT2D eigenvalue weighted by Gasteiger charge is -2.34. The summed E-state index contributed by atoms with van der Waals surface area (Å²) < 4.78 is 2.21. The van der Waals surface area contributed by atoms with Crippen LogP contribution in [0.1, 0.15) is 0 Å². The van der Waals surface area contributed by atoms with E-state index in [2.05, 4.69) is 125 Å². The Balaban J connectivity index is 1.41. The Hall–Kier alpha value is -5.74. The Morgan fingerprint density at radius 1 is 0.524 bits per heavy atom. The van der Waals surface area contributed by atoms with Gasteiger partial charge in [-0.3, -0.25) is 4.57 Å². The number of aromatic nitrogens is 3. The molecule has 0 fully saturated rings. The van der Waals surface area contributed by atoms with Gasteiger partial charge in [0.2, 0.25) is 5.95 Å². The van der Waals surface area contributed by atoms with Crippen molar-refractivity contribution in [3.05, 3.63) is 146 Å². The molecule has 0 N–H and O–H groups in total. The number of nitrogens with zero attached hydrogens (tertiary/aromatic N) is 4. The fourth-order valence-electron chi connectivity index (χ4n) is 6.63. The standard InChI is InChI=1S/C38H24N4/c1-3-11-25(12-4-1)31-23-24-39-38(40-31)42-32-19-8-7-17-30(32)36-34(42)22-21-29-28-18-9-13-26-14-10-20-33(35(26)28)41(37(29)36)27-15-5-2-6-16-27/h1-24H. The molecule has 196 valence electrons. The third-order valence-corrected chi connectivity index (χ3v) is 8.38. The van der Waals surface area contributed by atoms with Crippen LogP contribution in [0.25, 0.3) is 60.9 Å². The number of benzene rings is 6. The summed E-state index contributed by atoms with van der Waals surface area (Å²) >= 11 is 0. The lowest BCUT2D eigenvalue weighted by Crippen LogP contribution is -2.15. The summed E-state index contributed by atoms with van der Waals surface area (Å²) in [5.41, 5.74) is 10.1. The number of fused-ring (bicyclic) bond motifs is 6. The molecular formula is C38H24N4. The first-order valence-corrected chi connectivity index (χ1v) is 14.2. The number of para-hydroxylation sites is 2. The third-order valence-electron chi connectivity index (χ3n) is 8.38. The van der Waals surface area contributed by atoms with E-state index in [0.717, 1.165) is 28.0 Å². The number of hydrogen-bond donors (Lipinski definition) is 0. The van der Waals surface area contributed by atoms with Crippen molar-refractivity contribution >= 4 is 49.6 Å². The highest BCUT2D eigenvalue weighted by Gasteiger charge is 2.30. The molecule has 8 aromatic rings. The van der Waals surface area contributed by atoms with E-state index in [0.29, 0.717) is 5.95 Å². The van der Waals surface area contributed by atoms with Crippen LogP contribution in [0, 0.1) is 0 Å². The molecule has 3 heterocycles. The van der Waals surface area contributed by atoms with Crippen molar-refractivity contribution < 1.29 is 0 Å². The lowest BCUT2D eigenvalue weighted by molar-refractivity contribution is 0.992. The van der Waals surface area contributed by atoms with Gasteiger partial charge < -0.3 is 4.90 Å². The van der Waals surface area contributed by atoms with Gasteiger partial charge in [-0.25, -0.2) is 9.97 Å². The maximum atomic E-state index is 5.08. The van der Waals surface area contributed by atoms with Crippen molar-refractivity contribution in [3.63, 3.8) is 0 Å². The van der Waals surface area contributed by atoms with Crippen molar-refractivity contribution in [2.24, 2.45) is 0 Å². The molecule has 0 saturated carbocycles. The fraction of sp³-hybridized carbons (Fsp3) is 0. The zero-order chi connectivity index (χ0) is 27.6. The Morgan fingerprint density at radius 2 is 1.29 bits per heavy atom. The molecule has 0 atom stereocenters. The second-order valence-electron chi connectivity index (χ2n) is 10.7. The maximum Gasteiger partial charge on any atom is 0.235 e. The normalized spacial score (nSPS) is 12.2. The average molecular weight is 537 g/mol. The molecule has 0 bridgehead atoms. The first kappa shape index (κ1) is 23.0. The van der Waals surface area contributed by atoms with Gasteiger partial charge in [0.1, 0.15) is 0 Å². The molecule has 4 heteroatoms. The van der Waals surface area contributed by atoms with E-state index in [-0.39, 0.29) is 0 Å². The molecule has 0 unspecified atom stereocenters. The van der Waals surface area contributed by atoms with Gasteiger partial charge in [0.05, 0.1) is 28.1 Å². The fourth-order valence-corrected chi connectivity index (χ4v) is 6.63. The molecule has 0 amide bonds. The van der Waals surface area contributed by atoms with E-state index in [9.17, 15) is 0 Å². The minimum atomic E-state index is 0.659. The van der Waals surface area contributed by atoms with Crippen LogP contribution in [0.3, 0.4) is 0 Å². The minimum absolute atomic E-state index is 0.659. The smallest absolute Gasteiger partial charge is 0.235 e. The lowest BCUT2D eigenvalue weighted by atomic mass is 9.89. The molecule has 0 saturated heterocycles. The van der Waals surface area contributed by atoms with E-state index < -0.39 is 0 Å². The highest BCUT2D eigenvalue weighted by Crippen LogP contribution is 2.54. The largest absolute Gasteiger partial charge is 0.309 e. The molecule has 4 nitrogen and oxygen atoms in total. The quantitative estimate of drug-likeness (QED) is 0.225.